The summed E-state index contributed by atoms with van der Waals surface area (Å²) in [5.41, 5.74) is -0.651. The van der Waals surface area contributed by atoms with Gasteiger partial charge in [-0.25, -0.2) is 4.79 Å². The van der Waals surface area contributed by atoms with Crippen molar-refractivity contribution in [2.45, 2.75) is 32.4 Å². The highest BCUT2D eigenvalue weighted by molar-refractivity contribution is 5.85. The Morgan fingerprint density at radius 2 is 2.06 bits per heavy atom. The van der Waals surface area contributed by atoms with Crippen LogP contribution < -0.4 is 10.6 Å². The lowest BCUT2D eigenvalue weighted by Crippen LogP contribution is -2.50. The highest BCUT2D eigenvalue weighted by atomic mass is 16.6. The molecule has 0 saturated heterocycles. The van der Waals surface area contributed by atoms with Crippen LogP contribution in [-0.4, -0.2) is 41.9 Å². The van der Waals surface area contributed by atoms with Crippen LogP contribution in [-0.2, 0) is 9.53 Å². The van der Waals surface area contributed by atoms with Crippen LogP contribution in [0.1, 0.15) is 20.8 Å². The molecule has 6 heteroatoms. The van der Waals surface area contributed by atoms with Gasteiger partial charge in [-0.05, 0) is 20.8 Å². The second-order valence-corrected chi connectivity index (χ2v) is 4.42. The average Bonchev–Trinajstić information content (AvgIpc) is 2.19. The van der Waals surface area contributed by atoms with Crippen molar-refractivity contribution in [2.75, 3.05) is 13.2 Å². The first-order valence-electron chi connectivity index (χ1n) is 5.29. The second-order valence-electron chi connectivity index (χ2n) is 4.42. The number of rotatable bonds is 5. The largest absolute Gasteiger partial charge is 0.444 e. The lowest BCUT2D eigenvalue weighted by molar-refractivity contribution is -0.123. The summed E-state index contributed by atoms with van der Waals surface area (Å²) >= 11 is 0. The summed E-state index contributed by atoms with van der Waals surface area (Å²) < 4.78 is 4.96. The van der Waals surface area contributed by atoms with E-state index >= 15 is 0 Å². The molecule has 0 aliphatic heterocycles. The van der Waals surface area contributed by atoms with Gasteiger partial charge in [-0.3, -0.25) is 4.79 Å². The maximum Gasteiger partial charge on any atom is 0.408 e. The molecule has 2 amide bonds. The van der Waals surface area contributed by atoms with Crippen LogP contribution in [0.15, 0.2) is 12.7 Å². The first-order valence-corrected chi connectivity index (χ1v) is 5.29. The number of ether oxygens (including phenoxy) is 1. The highest BCUT2D eigenvalue weighted by Crippen LogP contribution is 2.06. The topological polar surface area (TPSA) is 87.7 Å². The van der Waals surface area contributed by atoms with E-state index < -0.39 is 30.3 Å². The van der Waals surface area contributed by atoms with Crippen molar-refractivity contribution in [2.24, 2.45) is 0 Å². The van der Waals surface area contributed by atoms with E-state index in [1.165, 1.54) is 6.08 Å². The van der Waals surface area contributed by atoms with Crippen LogP contribution >= 0.6 is 0 Å². The van der Waals surface area contributed by atoms with Gasteiger partial charge in [-0.2, -0.15) is 0 Å². The molecule has 17 heavy (non-hydrogen) atoms. The number of amides is 2. The van der Waals surface area contributed by atoms with Gasteiger partial charge >= 0.3 is 6.09 Å². The van der Waals surface area contributed by atoms with E-state index in [4.69, 9.17) is 9.84 Å². The normalized spacial score (nSPS) is 12.5. The zero-order valence-corrected chi connectivity index (χ0v) is 10.4. The van der Waals surface area contributed by atoms with Gasteiger partial charge < -0.3 is 20.5 Å². The van der Waals surface area contributed by atoms with Crippen LogP contribution in [0.2, 0.25) is 0 Å². The number of alkyl carbamates (subject to hydrolysis) is 1. The minimum atomic E-state index is -1.02. The first-order chi connectivity index (χ1) is 7.80. The van der Waals surface area contributed by atoms with Gasteiger partial charge in [0.2, 0.25) is 5.91 Å². The summed E-state index contributed by atoms with van der Waals surface area (Å²) in [4.78, 5) is 22.8. The Bertz CT molecular complexity index is 284. The predicted octanol–water partition coefficient (Wildman–Crippen LogP) is 0.174. The van der Waals surface area contributed by atoms with Crippen molar-refractivity contribution < 1.29 is 19.4 Å². The first kappa shape index (κ1) is 15.4. The molecule has 0 aromatic carbocycles. The van der Waals surface area contributed by atoms with E-state index in [1.807, 2.05) is 0 Å². The molecule has 6 nitrogen and oxygen atoms in total. The number of hydrogen-bond acceptors (Lipinski definition) is 4. The van der Waals surface area contributed by atoms with Gasteiger partial charge in [-0.15, -0.1) is 6.58 Å². The Morgan fingerprint density at radius 1 is 1.47 bits per heavy atom. The molecule has 0 heterocycles. The average molecular weight is 244 g/mol. The van der Waals surface area contributed by atoms with E-state index in [2.05, 4.69) is 17.2 Å². The van der Waals surface area contributed by atoms with Crippen molar-refractivity contribution in [1.29, 1.82) is 0 Å². The fraction of sp³-hybridized carbons (Fsp3) is 0.636. The molecule has 0 aliphatic rings. The van der Waals surface area contributed by atoms with E-state index in [9.17, 15) is 9.59 Å². The SMILES string of the molecule is C=CCNC(=O)C(CO)NC(=O)OC(C)(C)C. The summed E-state index contributed by atoms with van der Waals surface area (Å²) in [5.74, 6) is -0.488. The number of hydrogen-bond donors (Lipinski definition) is 3. The molecule has 0 rings (SSSR count). The number of carbonyl (C=O) groups is 2. The third-order valence-corrected chi connectivity index (χ3v) is 1.61. The summed E-state index contributed by atoms with van der Waals surface area (Å²) in [7, 11) is 0. The molecule has 0 bridgehead atoms. The van der Waals surface area contributed by atoms with E-state index in [-0.39, 0.29) is 6.54 Å². The van der Waals surface area contributed by atoms with Gasteiger partial charge in [0.1, 0.15) is 11.6 Å². The molecule has 1 atom stereocenters. The summed E-state index contributed by atoms with van der Waals surface area (Å²) in [6.07, 6.45) is 0.755. The summed E-state index contributed by atoms with van der Waals surface area (Å²) in [5, 5.41) is 13.7. The van der Waals surface area contributed by atoms with E-state index in [0.717, 1.165) is 0 Å². The fourth-order valence-electron chi connectivity index (χ4n) is 0.940. The van der Waals surface area contributed by atoms with Crippen molar-refractivity contribution >= 4 is 12.0 Å². The van der Waals surface area contributed by atoms with Crippen LogP contribution in [0.25, 0.3) is 0 Å². The van der Waals surface area contributed by atoms with Crippen LogP contribution in [0.5, 0.6) is 0 Å². The molecule has 3 N–H and O–H groups in total. The van der Waals surface area contributed by atoms with Gasteiger partial charge in [0.05, 0.1) is 6.61 Å². The number of aliphatic hydroxyl groups is 1. The van der Waals surface area contributed by atoms with Crippen molar-refractivity contribution in [3.8, 4) is 0 Å². The minimum absolute atomic E-state index is 0.269. The Kier molecular flexibility index (Phi) is 6.27. The fourth-order valence-corrected chi connectivity index (χ4v) is 0.940. The zero-order valence-electron chi connectivity index (χ0n) is 10.4. The lowest BCUT2D eigenvalue weighted by atomic mass is 10.2. The van der Waals surface area contributed by atoms with Crippen molar-refractivity contribution in [3.05, 3.63) is 12.7 Å². The molecule has 0 radical (unpaired) electrons. The maximum absolute atomic E-state index is 11.4. The standard InChI is InChI=1S/C11H20N2O4/c1-5-6-12-9(15)8(7-14)13-10(16)17-11(2,3)4/h5,8,14H,1,6-7H2,2-4H3,(H,12,15)(H,13,16). The molecule has 0 aliphatic carbocycles. The second kappa shape index (κ2) is 6.90. The molecule has 0 spiro atoms. The Balaban J connectivity index is 4.25. The third kappa shape index (κ3) is 7.35. The molecule has 0 saturated carbocycles. The number of carbonyl (C=O) groups excluding carboxylic acids is 2. The Hall–Kier alpha value is -1.56. The lowest BCUT2D eigenvalue weighted by Gasteiger charge is -2.22. The van der Waals surface area contributed by atoms with Gasteiger partial charge in [0.15, 0.2) is 0 Å². The van der Waals surface area contributed by atoms with E-state index in [0.29, 0.717) is 0 Å². The summed E-state index contributed by atoms with van der Waals surface area (Å²) in [6, 6.07) is -1.02. The molecule has 1 unspecified atom stereocenters. The van der Waals surface area contributed by atoms with Crippen LogP contribution in [0, 0.1) is 0 Å². The third-order valence-electron chi connectivity index (χ3n) is 1.61. The van der Waals surface area contributed by atoms with Crippen molar-refractivity contribution in [1.82, 2.24) is 10.6 Å². The molecule has 0 fully saturated rings. The van der Waals surface area contributed by atoms with Crippen LogP contribution in [0.4, 0.5) is 4.79 Å². The van der Waals surface area contributed by atoms with Gasteiger partial charge in [0.25, 0.3) is 0 Å². The van der Waals surface area contributed by atoms with Gasteiger partial charge in [0, 0.05) is 6.54 Å². The monoisotopic (exact) mass is 244 g/mol. The molecular weight excluding hydrogens is 224 g/mol. The maximum atomic E-state index is 11.4. The molecule has 0 aromatic heterocycles. The zero-order chi connectivity index (χ0) is 13.5. The minimum Gasteiger partial charge on any atom is -0.444 e. The number of nitrogens with one attached hydrogen (secondary N) is 2. The molecule has 0 aromatic rings. The van der Waals surface area contributed by atoms with E-state index in [1.54, 1.807) is 20.8 Å². The predicted molar refractivity (Wildman–Crippen MR) is 63.5 cm³/mol. The van der Waals surface area contributed by atoms with Gasteiger partial charge in [-0.1, -0.05) is 6.08 Å². The Labute approximate surface area is 101 Å². The van der Waals surface area contributed by atoms with Crippen LogP contribution in [0.3, 0.4) is 0 Å². The highest BCUT2D eigenvalue weighted by Gasteiger charge is 2.23. The molecular formula is C11H20N2O4. The Morgan fingerprint density at radius 3 is 2.47 bits per heavy atom. The summed E-state index contributed by atoms with van der Waals surface area (Å²) in [6.45, 7) is 8.33. The smallest absolute Gasteiger partial charge is 0.408 e. The van der Waals surface area contributed by atoms with Crippen molar-refractivity contribution in [3.63, 3.8) is 0 Å². The number of aliphatic hydroxyl groups excluding tert-OH is 1. The quantitative estimate of drug-likeness (QED) is 0.602. The molecule has 98 valence electrons.